The van der Waals surface area contributed by atoms with Crippen LogP contribution in [-0.4, -0.2) is 6.71 Å². The summed E-state index contributed by atoms with van der Waals surface area (Å²) in [6.07, 6.45) is 16.8. The Morgan fingerprint density at radius 2 is 1.44 bits per heavy atom. The first-order valence-corrected chi connectivity index (χ1v) is 7.42. The Hall–Kier alpha value is 0.662. The van der Waals surface area contributed by atoms with Crippen LogP contribution in [0.1, 0.15) is 71.1 Å². The molecule has 2 bridgehead atoms. The maximum atomic E-state index is 2.31. The summed E-state index contributed by atoms with van der Waals surface area (Å²) in [5.41, 5.74) is 0. The summed E-state index contributed by atoms with van der Waals surface area (Å²) < 4.78 is 0. The minimum absolute atomic E-state index is 0. The number of hydrogen-bond donors (Lipinski definition) is 0. The Morgan fingerprint density at radius 1 is 0.875 bits per heavy atom. The van der Waals surface area contributed by atoms with Crippen LogP contribution in [0.2, 0.25) is 18.0 Å². The van der Waals surface area contributed by atoms with E-state index in [0.29, 0.717) is 0 Å². The third-order valence-corrected chi connectivity index (χ3v) is 4.90. The van der Waals surface area contributed by atoms with Gasteiger partial charge < -0.3 is 0 Å². The molecule has 2 rings (SSSR count). The molecule has 2 heterocycles. The first-order valence-electron chi connectivity index (χ1n) is 7.42. The van der Waals surface area contributed by atoms with Crippen molar-refractivity contribution in [2.45, 2.75) is 89.1 Å². The average molecular weight is 213 g/mol. The summed E-state index contributed by atoms with van der Waals surface area (Å²) in [4.78, 5) is 0. The Kier molecular flexibility index (Phi) is 7.26. The molecule has 0 spiro atoms. The van der Waals surface area contributed by atoms with E-state index in [1.165, 1.54) is 25.7 Å². The summed E-state index contributed by atoms with van der Waals surface area (Å²) in [6, 6.07) is 0. The number of fused-ring (bicyclic) bond motifs is 2. The van der Waals surface area contributed by atoms with Crippen LogP contribution in [-0.2, 0) is 0 Å². The van der Waals surface area contributed by atoms with Crippen LogP contribution >= 0.6 is 0 Å². The molecule has 16 heavy (non-hydrogen) atoms. The van der Waals surface area contributed by atoms with Gasteiger partial charge in [0.1, 0.15) is 0 Å². The SMILES string of the molecule is CCCCCC[B-]1C2CCCC1CCC2.[Li+]. The molecule has 0 aliphatic carbocycles. The molecule has 2 saturated heterocycles. The molecule has 0 aromatic heterocycles. The van der Waals surface area contributed by atoms with Crippen molar-refractivity contribution < 1.29 is 18.9 Å². The first kappa shape index (κ1) is 14.7. The van der Waals surface area contributed by atoms with Crippen LogP contribution in [0, 0.1) is 0 Å². The Bertz CT molecular complexity index is 162. The van der Waals surface area contributed by atoms with Crippen molar-refractivity contribution in [3.05, 3.63) is 0 Å². The van der Waals surface area contributed by atoms with Crippen LogP contribution < -0.4 is 18.9 Å². The maximum absolute atomic E-state index is 2.31. The van der Waals surface area contributed by atoms with Gasteiger partial charge in [0, 0.05) is 0 Å². The fraction of sp³-hybridized carbons (Fsp3) is 1.00. The molecule has 2 heteroatoms. The van der Waals surface area contributed by atoms with Crippen molar-refractivity contribution in [3.63, 3.8) is 0 Å². The van der Waals surface area contributed by atoms with E-state index in [1.807, 2.05) is 0 Å². The molecule has 0 N–H and O–H groups in total. The van der Waals surface area contributed by atoms with E-state index in [4.69, 9.17) is 0 Å². The van der Waals surface area contributed by atoms with Crippen LogP contribution in [0.3, 0.4) is 0 Å². The maximum Gasteiger partial charge on any atom is 1.00 e. The molecular weight excluding hydrogens is 186 g/mol. The van der Waals surface area contributed by atoms with Gasteiger partial charge >= 0.3 is 18.9 Å². The van der Waals surface area contributed by atoms with E-state index in [2.05, 4.69) is 6.92 Å². The van der Waals surface area contributed by atoms with Crippen molar-refractivity contribution in [3.8, 4) is 0 Å². The van der Waals surface area contributed by atoms with E-state index in [0.717, 1.165) is 18.3 Å². The molecule has 87 valence electrons. The molecule has 0 aromatic rings. The Labute approximate surface area is 115 Å². The van der Waals surface area contributed by atoms with Gasteiger partial charge in [0.15, 0.2) is 0 Å². The van der Waals surface area contributed by atoms with Gasteiger partial charge in [-0.1, -0.05) is 71.1 Å². The van der Waals surface area contributed by atoms with Gasteiger partial charge in [0.2, 0.25) is 0 Å². The second kappa shape index (κ2) is 7.89. The summed E-state index contributed by atoms with van der Waals surface area (Å²) in [5, 5.41) is 0. The second-order valence-corrected chi connectivity index (χ2v) is 5.90. The number of rotatable bonds is 5. The summed E-state index contributed by atoms with van der Waals surface area (Å²) in [5.74, 6) is 2.28. The molecule has 2 fully saturated rings. The molecule has 0 atom stereocenters. The summed E-state index contributed by atoms with van der Waals surface area (Å²) in [7, 11) is 0. The van der Waals surface area contributed by atoms with Gasteiger partial charge in [0.05, 0.1) is 0 Å². The fourth-order valence-electron chi connectivity index (χ4n) is 4.09. The van der Waals surface area contributed by atoms with Crippen LogP contribution in [0.25, 0.3) is 0 Å². The predicted molar refractivity (Wildman–Crippen MR) is 69.9 cm³/mol. The molecule has 0 amide bonds. The van der Waals surface area contributed by atoms with E-state index < -0.39 is 0 Å². The van der Waals surface area contributed by atoms with Crippen LogP contribution in [0.4, 0.5) is 0 Å². The topological polar surface area (TPSA) is 0 Å². The Balaban J connectivity index is 0.00000128. The molecule has 2 aliphatic rings. The van der Waals surface area contributed by atoms with Gasteiger partial charge in [-0.15, -0.1) is 6.71 Å². The van der Waals surface area contributed by atoms with Crippen molar-refractivity contribution in [2.75, 3.05) is 0 Å². The standard InChI is InChI=1S/C14H27B.Li/c1-2-3-4-5-12-15-13-8-6-9-14(15)11-7-10-13;/h13-14H,2-12H2,1H3;/q-1;+1. The molecule has 0 aromatic carbocycles. The Morgan fingerprint density at radius 3 is 1.94 bits per heavy atom. The average Bonchev–Trinajstić information content (AvgIpc) is 2.24. The second-order valence-electron chi connectivity index (χ2n) is 5.90. The van der Waals surface area contributed by atoms with Crippen molar-refractivity contribution in [1.82, 2.24) is 0 Å². The van der Waals surface area contributed by atoms with E-state index in [-0.39, 0.29) is 18.9 Å². The van der Waals surface area contributed by atoms with Crippen LogP contribution in [0.5, 0.6) is 0 Å². The van der Waals surface area contributed by atoms with Gasteiger partial charge in [-0.05, 0) is 0 Å². The van der Waals surface area contributed by atoms with E-state index in [9.17, 15) is 0 Å². The first-order chi connectivity index (χ1) is 7.42. The molecule has 0 nitrogen and oxygen atoms in total. The van der Waals surface area contributed by atoms with Gasteiger partial charge in [-0.3, -0.25) is 0 Å². The van der Waals surface area contributed by atoms with Crippen molar-refractivity contribution in [2.24, 2.45) is 0 Å². The molecular formula is C14H27BLi. The summed E-state index contributed by atoms with van der Waals surface area (Å²) >= 11 is 0. The molecule has 0 saturated carbocycles. The van der Waals surface area contributed by atoms with Gasteiger partial charge in [-0.2, -0.15) is 11.6 Å². The largest absolute Gasteiger partial charge is 1.00 e. The predicted octanol–water partition coefficient (Wildman–Crippen LogP) is 2.17. The smallest absolute Gasteiger partial charge is 0.208 e. The molecule has 0 unspecified atom stereocenters. The normalized spacial score (nSPS) is 29.8. The molecule has 2 aliphatic heterocycles. The molecule has 1 radical (unpaired) electrons. The van der Waals surface area contributed by atoms with Gasteiger partial charge in [0.25, 0.3) is 0 Å². The van der Waals surface area contributed by atoms with E-state index in [1.54, 1.807) is 44.8 Å². The minimum Gasteiger partial charge on any atom is -0.208 e. The van der Waals surface area contributed by atoms with Crippen LogP contribution in [0.15, 0.2) is 0 Å². The van der Waals surface area contributed by atoms with Crippen molar-refractivity contribution in [1.29, 1.82) is 0 Å². The third kappa shape index (κ3) is 3.85. The quantitative estimate of drug-likeness (QED) is 0.485. The summed E-state index contributed by atoms with van der Waals surface area (Å²) in [6.45, 7) is 3.46. The van der Waals surface area contributed by atoms with Gasteiger partial charge in [-0.25, -0.2) is 6.32 Å². The van der Waals surface area contributed by atoms with E-state index >= 15 is 0 Å². The van der Waals surface area contributed by atoms with Crippen molar-refractivity contribution >= 4 is 6.71 Å². The monoisotopic (exact) mass is 213 g/mol. The zero-order valence-electron chi connectivity index (χ0n) is 11.5. The zero-order chi connectivity index (χ0) is 10.5. The number of unbranched alkanes of at least 4 members (excludes halogenated alkanes) is 3. The minimum atomic E-state index is 0. The third-order valence-electron chi connectivity index (χ3n) is 4.90. The fourth-order valence-corrected chi connectivity index (χ4v) is 4.09. The number of hydrogen-bond acceptors (Lipinski definition) is 0. The zero-order valence-corrected chi connectivity index (χ0v) is 11.5.